The first-order valence-corrected chi connectivity index (χ1v) is 6.52. The number of benzene rings is 1. The minimum Gasteiger partial charge on any atom is -0.0885 e. The van der Waals surface area contributed by atoms with Gasteiger partial charge >= 0.3 is 0 Å². The Bertz CT molecular complexity index is 294. The molecule has 1 aliphatic carbocycles. The van der Waals surface area contributed by atoms with Crippen LogP contribution < -0.4 is 0 Å². The lowest BCUT2D eigenvalue weighted by Gasteiger charge is -1.97. The van der Waals surface area contributed by atoms with Crippen LogP contribution in [0.1, 0.15) is 38.2 Å². The highest BCUT2D eigenvalue weighted by Crippen LogP contribution is 2.15. The van der Waals surface area contributed by atoms with Crippen molar-refractivity contribution in [2.45, 2.75) is 39.0 Å². The van der Waals surface area contributed by atoms with Gasteiger partial charge in [0.2, 0.25) is 0 Å². The Balaban J connectivity index is 0.000000162. The molecular weight excluding hydrogens is 248 g/mol. The van der Waals surface area contributed by atoms with Crippen molar-refractivity contribution in [2.75, 3.05) is 0 Å². The quantitative estimate of drug-likeness (QED) is 0.619. The van der Waals surface area contributed by atoms with E-state index in [0.29, 0.717) is 0 Å². The molecule has 0 saturated heterocycles. The third-order valence-corrected chi connectivity index (χ3v) is 3.27. The van der Waals surface area contributed by atoms with E-state index in [1.54, 1.807) is 0 Å². The molecule has 0 spiro atoms. The molecule has 0 bridgehead atoms. The summed E-state index contributed by atoms with van der Waals surface area (Å²) in [6, 6.07) is 8.29. The zero-order valence-corrected chi connectivity index (χ0v) is 11.0. The van der Waals surface area contributed by atoms with Crippen molar-refractivity contribution < 1.29 is 0 Å². The summed E-state index contributed by atoms with van der Waals surface area (Å²) in [7, 11) is 0. The second kappa shape index (κ2) is 7.70. The van der Waals surface area contributed by atoms with Crippen molar-refractivity contribution in [1.82, 2.24) is 0 Å². The fourth-order valence-electron chi connectivity index (χ4n) is 1.55. The normalized spacial score (nSPS) is 14.3. The zero-order valence-electron chi connectivity index (χ0n) is 9.38. The Kier molecular flexibility index (Phi) is 6.42. The van der Waals surface area contributed by atoms with Gasteiger partial charge in [-0.15, -0.1) is 0 Å². The molecule has 1 aliphatic rings. The molecule has 0 nitrogen and oxygen atoms in total. The third-order valence-electron chi connectivity index (χ3n) is 2.50. The van der Waals surface area contributed by atoms with Crippen LogP contribution in [0.3, 0.4) is 0 Å². The Morgan fingerprint density at radius 3 is 2.00 bits per heavy atom. The predicted molar refractivity (Wildman–Crippen MR) is 71.1 cm³/mol. The van der Waals surface area contributed by atoms with E-state index in [1.165, 1.54) is 35.7 Å². The first-order valence-electron chi connectivity index (χ1n) is 5.73. The van der Waals surface area contributed by atoms with Gasteiger partial charge in [0.1, 0.15) is 0 Å². The largest absolute Gasteiger partial charge is 0.0885 e. The number of halogens is 1. The molecule has 82 valence electrons. The first-order chi connectivity index (χ1) is 7.34. The zero-order chi connectivity index (χ0) is 10.9. The summed E-state index contributed by atoms with van der Waals surface area (Å²) in [4.78, 5) is 0. The van der Waals surface area contributed by atoms with E-state index in [1.807, 2.05) is 6.07 Å². The van der Waals surface area contributed by atoms with Gasteiger partial charge in [0, 0.05) is 4.47 Å². The Labute approximate surface area is 102 Å². The van der Waals surface area contributed by atoms with Crippen molar-refractivity contribution >= 4 is 15.9 Å². The molecule has 0 amide bonds. The molecule has 2 rings (SSSR count). The lowest BCUT2D eigenvalue weighted by Crippen LogP contribution is -1.78. The van der Waals surface area contributed by atoms with Gasteiger partial charge in [0.05, 0.1) is 0 Å². The molecule has 1 heteroatoms. The molecule has 0 heterocycles. The van der Waals surface area contributed by atoms with Gasteiger partial charge in [0.25, 0.3) is 0 Å². The second-order valence-corrected chi connectivity index (χ2v) is 4.56. The molecule has 0 unspecified atom stereocenters. The highest BCUT2D eigenvalue weighted by molar-refractivity contribution is 9.10. The Hall–Kier alpha value is -0.560. The SMILES string of the molecule is C1=CCCCC1.CCc1ccccc1Br. The molecule has 0 saturated carbocycles. The number of aryl methyl sites for hydroxylation is 1. The molecule has 1 aromatic rings. The molecule has 0 N–H and O–H groups in total. The molecule has 0 radical (unpaired) electrons. The summed E-state index contributed by atoms with van der Waals surface area (Å²) >= 11 is 3.46. The smallest absolute Gasteiger partial charge is 0.0207 e. The van der Waals surface area contributed by atoms with Gasteiger partial charge in [-0.3, -0.25) is 0 Å². The molecule has 0 fully saturated rings. The molecule has 0 atom stereocenters. The van der Waals surface area contributed by atoms with E-state index in [4.69, 9.17) is 0 Å². The van der Waals surface area contributed by atoms with Crippen LogP contribution >= 0.6 is 15.9 Å². The summed E-state index contributed by atoms with van der Waals surface area (Å²) < 4.78 is 1.22. The summed E-state index contributed by atoms with van der Waals surface area (Å²) in [6.07, 6.45) is 11.1. The van der Waals surface area contributed by atoms with Gasteiger partial charge in [0.15, 0.2) is 0 Å². The fraction of sp³-hybridized carbons (Fsp3) is 0.429. The Morgan fingerprint density at radius 1 is 1.07 bits per heavy atom. The molecule has 1 aromatic carbocycles. The van der Waals surface area contributed by atoms with E-state index < -0.39 is 0 Å². The monoisotopic (exact) mass is 266 g/mol. The van der Waals surface area contributed by atoms with Crippen LogP contribution in [0, 0.1) is 0 Å². The average molecular weight is 267 g/mol. The number of hydrogen-bond donors (Lipinski definition) is 0. The van der Waals surface area contributed by atoms with Gasteiger partial charge in [-0.25, -0.2) is 0 Å². The van der Waals surface area contributed by atoms with Crippen molar-refractivity contribution in [1.29, 1.82) is 0 Å². The second-order valence-electron chi connectivity index (χ2n) is 3.70. The van der Waals surface area contributed by atoms with Crippen LogP contribution in [0.5, 0.6) is 0 Å². The van der Waals surface area contributed by atoms with Crippen molar-refractivity contribution in [2.24, 2.45) is 0 Å². The van der Waals surface area contributed by atoms with E-state index in [-0.39, 0.29) is 0 Å². The summed E-state index contributed by atoms with van der Waals surface area (Å²) in [5.41, 5.74) is 1.37. The minimum atomic E-state index is 1.10. The van der Waals surface area contributed by atoms with Crippen LogP contribution in [0.25, 0.3) is 0 Å². The predicted octanol–water partition coefficient (Wildman–Crippen LogP) is 5.13. The van der Waals surface area contributed by atoms with Crippen molar-refractivity contribution in [3.63, 3.8) is 0 Å². The lowest BCUT2D eigenvalue weighted by molar-refractivity contribution is 0.730. The van der Waals surface area contributed by atoms with Crippen molar-refractivity contribution in [3.8, 4) is 0 Å². The minimum absolute atomic E-state index is 1.10. The average Bonchev–Trinajstić information content (AvgIpc) is 2.33. The van der Waals surface area contributed by atoms with E-state index in [0.717, 1.165) is 6.42 Å². The van der Waals surface area contributed by atoms with E-state index in [9.17, 15) is 0 Å². The topological polar surface area (TPSA) is 0 Å². The molecule has 0 aliphatic heterocycles. The maximum Gasteiger partial charge on any atom is 0.0207 e. The van der Waals surface area contributed by atoms with Crippen LogP contribution in [-0.2, 0) is 6.42 Å². The first kappa shape index (κ1) is 12.5. The summed E-state index contributed by atoms with van der Waals surface area (Å²) in [6.45, 7) is 2.15. The third kappa shape index (κ3) is 5.17. The highest BCUT2D eigenvalue weighted by Gasteiger charge is 1.91. The van der Waals surface area contributed by atoms with Crippen LogP contribution in [-0.4, -0.2) is 0 Å². The van der Waals surface area contributed by atoms with Gasteiger partial charge in [-0.1, -0.05) is 53.2 Å². The highest BCUT2D eigenvalue weighted by atomic mass is 79.9. The van der Waals surface area contributed by atoms with Gasteiger partial charge in [-0.05, 0) is 43.7 Å². The maximum absolute atomic E-state index is 3.46. The standard InChI is InChI=1S/C8H9Br.C6H10/c1-2-7-5-3-4-6-8(7)9;1-2-4-6-5-3-1/h3-6H,2H2,1H3;1-2H,3-6H2. The van der Waals surface area contributed by atoms with Gasteiger partial charge in [-0.2, -0.15) is 0 Å². The van der Waals surface area contributed by atoms with Crippen LogP contribution in [0.2, 0.25) is 0 Å². The van der Waals surface area contributed by atoms with E-state index >= 15 is 0 Å². The molecular formula is C14H19Br. The van der Waals surface area contributed by atoms with E-state index in [2.05, 4.69) is 53.2 Å². The maximum atomic E-state index is 3.46. The fourth-order valence-corrected chi connectivity index (χ4v) is 2.11. The Morgan fingerprint density at radius 2 is 1.67 bits per heavy atom. The lowest BCUT2D eigenvalue weighted by atomic mass is 10.1. The summed E-state index contributed by atoms with van der Waals surface area (Å²) in [5, 5.41) is 0. The molecule has 15 heavy (non-hydrogen) atoms. The van der Waals surface area contributed by atoms with Crippen LogP contribution in [0.15, 0.2) is 40.9 Å². The van der Waals surface area contributed by atoms with Crippen molar-refractivity contribution in [3.05, 3.63) is 46.5 Å². The number of hydrogen-bond acceptors (Lipinski definition) is 0. The van der Waals surface area contributed by atoms with Crippen LogP contribution in [0.4, 0.5) is 0 Å². The molecule has 0 aromatic heterocycles. The summed E-state index contributed by atoms with van der Waals surface area (Å²) in [5.74, 6) is 0. The number of rotatable bonds is 1. The van der Waals surface area contributed by atoms with Gasteiger partial charge < -0.3 is 0 Å². The number of allylic oxidation sites excluding steroid dienone is 2.